The van der Waals surface area contributed by atoms with Crippen LogP contribution in [0.5, 0.6) is 5.75 Å². The van der Waals surface area contributed by atoms with Gasteiger partial charge in [0.05, 0.1) is 51.8 Å². The maximum Gasteiger partial charge on any atom is 0.407 e. The number of esters is 1. The van der Waals surface area contributed by atoms with Gasteiger partial charge in [0.15, 0.2) is 5.78 Å². The van der Waals surface area contributed by atoms with Gasteiger partial charge in [0.1, 0.15) is 91.5 Å². The maximum absolute atomic E-state index is 14.8. The van der Waals surface area contributed by atoms with Crippen molar-refractivity contribution in [3.63, 3.8) is 0 Å². The van der Waals surface area contributed by atoms with Crippen molar-refractivity contribution in [2.75, 3.05) is 38.6 Å². The van der Waals surface area contributed by atoms with Gasteiger partial charge >= 0.3 is 35.9 Å². The first-order valence-corrected chi connectivity index (χ1v) is 34.2. The Morgan fingerprint density at radius 1 is 0.562 bits per heavy atom. The van der Waals surface area contributed by atoms with Gasteiger partial charge < -0.3 is 126 Å². The number of cyclic esters (lactones) is 1. The van der Waals surface area contributed by atoms with Crippen molar-refractivity contribution >= 4 is 124 Å². The molecule has 0 spiro atoms. The Morgan fingerprint density at radius 3 is 1.68 bits per heavy atom. The Morgan fingerprint density at radius 2 is 1.09 bits per heavy atom. The van der Waals surface area contributed by atoms with Gasteiger partial charge in [0, 0.05) is 24.2 Å². The van der Waals surface area contributed by atoms with E-state index >= 15 is 0 Å². The van der Waals surface area contributed by atoms with Crippen molar-refractivity contribution in [3.8, 4) is 5.75 Å². The highest BCUT2D eigenvalue weighted by molar-refractivity contribution is 6.05. The first kappa shape index (κ1) is 91.0. The normalized spacial score (nSPS) is 21.2. The van der Waals surface area contributed by atoms with Crippen LogP contribution in [0.2, 0.25) is 0 Å². The molecule has 4 rings (SSSR count). The van der Waals surface area contributed by atoms with Crippen LogP contribution in [0.25, 0.3) is 0 Å². The number of aliphatic hydroxyl groups is 1. The number of anilines is 1. The fraction of sp³-hybridized carbons (Fsp3) is 0.441. The number of hydrogen-bond donors (Lipinski definition) is 21. The number of rotatable bonds is 30. The van der Waals surface area contributed by atoms with Crippen LogP contribution in [0.4, 0.5) is 10.5 Å². The molecule has 44 heteroatoms. The van der Waals surface area contributed by atoms with Crippen LogP contribution in [-0.4, -0.2) is 249 Å². The van der Waals surface area contributed by atoms with Gasteiger partial charge in [-0.1, -0.05) is 67.6 Å². The number of carbonyl (C=O) groups is 20. The molecule has 1 heterocycles. The number of nitrogen functional groups attached to an aromatic ring is 1. The number of benzene rings is 3. The molecule has 0 aromatic heterocycles. The van der Waals surface area contributed by atoms with Crippen LogP contribution in [0.3, 0.4) is 0 Å². The minimum Gasteiger partial charge on any atom is -0.491 e. The Bertz CT molecular complexity index is 3950. The lowest BCUT2D eigenvalue weighted by Crippen LogP contribution is -2.61. The SMILES string of the molecule is C[C@H](CC(=O)O)[C@@H]1NC(=O)[C@@H](CO)NC(=O)CNC(=O)[C@H](CC(=O)O)NC(=O)[C@@H](C)NC(=O)[C@H](CC(=O)O)NC(=O)[C@H](CCCNC(=O)OCc2ccccc2)NC(=O)CNC(=O)[C@@H](NC(=O)[C@H](CC(=O)O)NC(=O)[C@@H](CC(N)=O)NC(=O)[C@@H](N)COc2ccccc2)[C@@H](C)OC(=O)[C@H](CC(=O)c2ccccc2N)NC1=O. The molecule has 1 aliphatic heterocycles. The lowest BCUT2D eigenvalue weighted by atomic mass is 9.96. The summed E-state index contributed by atoms with van der Waals surface area (Å²) in [5, 5.41) is 77.2. The van der Waals surface area contributed by atoms with Gasteiger partial charge in [-0.2, -0.15) is 0 Å². The summed E-state index contributed by atoms with van der Waals surface area (Å²) < 4.78 is 16.3. The molecule has 112 heavy (non-hydrogen) atoms. The Kier molecular flexibility index (Phi) is 36.9. The molecule has 13 atom stereocenters. The van der Waals surface area contributed by atoms with E-state index in [0.717, 1.165) is 20.8 Å². The minimum atomic E-state index is -2.47. The zero-order valence-electron chi connectivity index (χ0n) is 60.3. The van der Waals surface area contributed by atoms with Crippen molar-refractivity contribution in [1.82, 2.24) is 69.1 Å². The van der Waals surface area contributed by atoms with Crippen LogP contribution in [0.1, 0.15) is 88.1 Å². The van der Waals surface area contributed by atoms with Crippen LogP contribution in [0, 0.1) is 5.92 Å². The zero-order valence-corrected chi connectivity index (χ0v) is 60.3. The number of aliphatic carboxylic acids is 4. The third-order valence-corrected chi connectivity index (χ3v) is 16.1. The molecule has 0 radical (unpaired) electrons. The highest BCUT2D eigenvalue weighted by Gasteiger charge is 2.41. The fourth-order valence-corrected chi connectivity index (χ4v) is 10.2. The summed E-state index contributed by atoms with van der Waals surface area (Å²) in [6, 6.07) is -1.70. The van der Waals surface area contributed by atoms with E-state index in [2.05, 4.69) is 47.9 Å². The topological polar surface area (TPSA) is 705 Å². The van der Waals surface area contributed by atoms with Crippen molar-refractivity contribution in [2.45, 2.75) is 151 Å². The van der Waals surface area contributed by atoms with E-state index in [-0.39, 0.29) is 36.6 Å². The summed E-state index contributed by atoms with van der Waals surface area (Å²) >= 11 is 0. The molecule has 44 nitrogen and oxygen atoms in total. The molecule has 0 saturated carbocycles. The van der Waals surface area contributed by atoms with Crippen molar-refractivity contribution in [3.05, 3.63) is 96.1 Å². The highest BCUT2D eigenvalue weighted by Crippen LogP contribution is 2.18. The van der Waals surface area contributed by atoms with Gasteiger partial charge in [-0.25, -0.2) is 9.59 Å². The number of ether oxygens (including phenoxy) is 3. The van der Waals surface area contributed by atoms with Crippen LogP contribution < -0.4 is 91.1 Å². The third kappa shape index (κ3) is 31.8. The Labute approximate surface area is 635 Å². The Hall–Kier alpha value is -13.4. The van der Waals surface area contributed by atoms with E-state index in [1.807, 2.05) is 21.3 Å². The van der Waals surface area contributed by atoms with E-state index in [4.69, 9.17) is 31.4 Å². The lowest BCUT2D eigenvalue weighted by Gasteiger charge is -2.30. The number of nitrogens with two attached hydrogens (primary N) is 3. The number of nitrogens with one attached hydrogen (secondary N) is 13. The molecule has 0 bridgehead atoms. The van der Waals surface area contributed by atoms with Gasteiger partial charge in [-0.3, -0.25) is 86.3 Å². The van der Waals surface area contributed by atoms with E-state index < -0.39 is 268 Å². The fourth-order valence-electron chi connectivity index (χ4n) is 10.2. The summed E-state index contributed by atoms with van der Waals surface area (Å²) in [5.74, 6) is -29.5. The summed E-state index contributed by atoms with van der Waals surface area (Å²) in [7, 11) is 0. The second kappa shape index (κ2) is 45.4. The summed E-state index contributed by atoms with van der Waals surface area (Å²) in [6.45, 7) is -1.96. The van der Waals surface area contributed by atoms with Gasteiger partial charge in [-0.05, 0) is 62.4 Å². The van der Waals surface area contributed by atoms with Gasteiger partial charge in [0.25, 0.3) is 0 Å². The number of carbonyl (C=O) groups excluding carboxylic acids is 16. The first-order chi connectivity index (χ1) is 52.8. The van der Waals surface area contributed by atoms with Crippen LogP contribution >= 0.6 is 0 Å². The van der Waals surface area contributed by atoms with Crippen molar-refractivity contribution in [1.29, 1.82) is 0 Å². The number of para-hydroxylation sites is 2. The van der Waals surface area contributed by atoms with E-state index in [9.17, 15) is 121 Å². The first-order valence-electron chi connectivity index (χ1n) is 34.2. The number of carboxylic acids is 4. The van der Waals surface area contributed by atoms with Crippen LogP contribution in [0.15, 0.2) is 84.9 Å². The third-order valence-electron chi connectivity index (χ3n) is 16.1. The number of primary amides is 1. The number of alkyl carbamates (subject to hydrolysis) is 1. The number of aliphatic hydroxyl groups excluding tert-OH is 1. The number of carboxylic acid groups (broad SMARTS) is 4. The number of ketones is 1. The smallest absolute Gasteiger partial charge is 0.407 e. The van der Waals surface area contributed by atoms with Gasteiger partial charge in [0.2, 0.25) is 76.8 Å². The standard InChI is InChI=1S/C68H88N16O28/c1-32(21-51(90)91)55-66(107)82-45(22-47(86)37-17-10-11-18-38(37)69)67(108)112-34(3)56(84-63(104)44(26-54(96)97)81-62(103)41(23-48(71)87)79-58(99)39(70)31-110-36-15-8-5-9-16-36)65(106)74-28-49(88)76-40(19-12-20-72-68(109)111-30-35-13-6-4-7-14-35)60(101)80-43(25-53(94)95)61(102)75-33(2)57(98)78-42(24-52(92)93)59(100)73-27-50(89)77-46(29-85)64(105)83-55/h4-11,13-18,32-34,39-46,55-56,85H,12,19-31,69-70H2,1-3H3,(H2,71,87)(H,72,109)(H,73,100)(H,74,106)(H,75,102)(H,76,88)(H,77,89)(H,78,98)(H,79,99)(H,80,101)(H,81,103)(H,82,107)(H,83,105)(H,84,104)(H,90,91)(H,92,93)(H,94,95)(H,96,97)/t32-,33-,34-,39+,40+,41-,42+,43+,44+,45+,46-,55+,56+/m1/s1. The number of hydrogen-bond acceptors (Lipinski definition) is 26. The summed E-state index contributed by atoms with van der Waals surface area (Å²) in [5.41, 5.74) is 17.6. The quantitative estimate of drug-likeness (QED) is 0.0128. The molecule has 24 N–H and O–H groups in total. The van der Waals surface area contributed by atoms with Crippen LogP contribution in [-0.2, 0) is 102 Å². The monoisotopic (exact) mass is 1580 g/mol. The summed E-state index contributed by atoms with van der Waals surface area (Å²) in [6.07, 6.45) is -11.1. The van der Waals surface area contributed by atoms with Crippen molar-refractivity contribution < 1.29 is 136 Å². The predicted octanol–water partition coefficient (Wildman–Crippen LogP) is -7.60. The molecular weight excluding hydrogens is 1490 g/mol. The van der Waals surface area contributed by atoms with Crippen molar-refractivity contribution in [2.24, 2.45) is 17.4 Å². The maximum atomic E-state index is 14.8. The highest BCUT2D eigenvalue weighted by atomic mass is 16.6. The summed E-state index contributed by atoms with van der Waals surface area (Å²) in [4.78, 5) is 270. The van der Waals surface area contributed by atoms with Gasteiger partial charge in [-0.15, -0.1) is 0 Å². The molecule has 3 aromatic carbocycles. The van der Waals surface area contributed by atoms with E-state index in [1.54, 1.807) is 48.5 Å². The molecule has 608 valence electrons. The molecule has 0 aliphatic carbocycles. The molecule has 14 amide bonds. The molecule has 1 saturated heterocycles. The predicted molar refractivity (Wildman–Crippen MR) is 379 cm³/mol. The molecule has 1 aliphatic rings. The number of amides is 14. The lowest BCUT2D eigenvalue weighted by molar-refractivity contribution is -0.156. The minimum absolute atomic E-state index is 0.198. The molecule has 1 fully saturated rings. The van der Waals surface area contributed by atoms with E-state index in [1.165, 1.54) is 36.4 Å². The Balaban J connectivity index is 1.89. The zero-order chi connectivity index (χ0) is 83.5. The largest absolute Gasteiger partial charge is 0.491 e. The van der Waals surface area contributed by atoms with E-state index in [0.29, 0.717) is 5.56 Å². The second-order valence-corrected chi connectivity index (χ2v) is 25.1. The average Bonchev–Trinajstić information content (AvgIpc) is 0.844. The molecule has 3 aromatic rings. The number of Topliss-reactive ketones (excluding diaryl/α,β-unsaturated/α-hetero) is 1. The second-order valence-electron chi connectivity index (χ2n) is 25.1. The average molecular weight is 1580 g/mol. The molecule has 0 unspecified atom stereocenters. The molecular formula is C68H88N16O28.